The molecule has 0 saturated carbocycles. The number of nitrogens with zero attached hydrogens (tertiary/aromatic N) is 1. The minimum Gasteiger partial charge on any atom is -0.323 e. The number of carbonyl (C=O) groups excluding carboxylic acids is 1. The highest BCUT2D eigenvalue weighted by molar-refractivity contribution is 5.89. The highest BCUT2D eigenvalue weighted by Crippen LogP contribution is 2.06. The van der Waals surface area contributed by atoms with Crippen LogP contribution in [0.5, 0.6) is 0 Å². The summed E-state index contributed by atoms with van der Waals surface area (Å²) in [7, 11) is 3.73. The van der Waals surface area contributed by atoms with E-state index >= 15 is 0 Å². The van der Waals surface area contributed by atoms with Crippen molar-refractivity contribution >= 4 is 11.7 Å². The number of nitrogens with one attached hydrogen (secondary N) is 1. The Morgan fingerprint density at radius 1 is 1.31 bits per heavy atom. The molecule has 16 heavy (non-hydrogen) atoms. The van der Waals surface area contributed by atoms with Crippen molar-refractivity contribution in [2.45, 2.75) is 26.2 Å². The maximum Gasteiger partial charge on any atom is 0.321 e. The third kappa shape index (κ3) is 4.34. The van der Waals surface area contributed by atoms with Gasteiger partial charge in [0.1, 0.15) is 0 Å². The topological polar surface area (TPSA) is 32.3 Å². The van der Waals surface area contributed by atoms with Gasteiger partial charge < -0.3 is 10.2 Å². The molecule has 1 radical (unpaired) electrons. The van der Waals surface area contributed by atoms with Gasteiger partial charge in [-0.25, -0.2) is 4.79 Å². The first kappa shape index (κ1) is 12.6. The average molecular weight is 219 g/mol. The Morgan fingerprint density at radius 3 is 2.62 bits per heavy atom. The van der Waals surface area contributed by atoms with E-state index in [4.69, 9.17) is 0 Å². The van der Waals surface area contributed by atoms with Gasteiger partial charge in [-0.05, 0) is 18.6 Å². The zero-order valence-electron chi connectivity index (χ0n) is 9.78. The summed E-state index contributed by atoms with van der Waals surface area (Å²) in [6, 6.07) is 9.26. The van der Waals surface area contributed by atoms with Gasteiger partial charge in [0.2, 0.25) is 0 Å². The molecule has 0 aromatic heterocycles. The molecule has 0 aliphatic carbocycles. The van der Waals surface area contributed by atoms with Gasteiger partial charge in [-0.2, -0.15) is 0 Å². The summed E-state index contributed by atoms with van der Waals surface area (Å²) in [6.45, 7) is 2.84. The van der Waals surface area contributed by atoms with Crippen LogP contribution in [-0.4, -0.2) is 17.5 Å². The summed E-state index contributed by atoms with van der Waals surface area (Å²) in [5.74, 6) is 0. The van der Waals surface area contributed by atoms with Crippen molar-refractivity contribution in [2.24, 2.45) is 0 Å². The molecule has 0 spiro atoms. The van der Waals surface area contributed by atoms with Crippen LogP contribution in [-0.2, 0) is 0 Å². The number of benzene rings is 1. The van der Waals surface area contributed by atoms with Crippen molar-refractivity contribution in [1.29, 1.82) is 0 Å². The van der Waals surface area contributed by atoms with Crippen LogP contribution < -0.4 is 5.32 Å². The molecular weight excluding hydrogens is 200 g/mol. The van der Waals surface area contributed by atoms with E-state index in [2.05, 4.69) is 19.3 Å². The second kappa shape index (κ2) is 6.88. The molecule has 87 valence electrons. The number of urea groups is 1. The third-order valence-corrected chi connectivity index (χ3v) is 2.34. The molecule has 1 rings (SSSR count). The van der Waals surface area contributed by atoms with Crippen LogP contribution in [0.3, 0.4) is 0 Å². The predicted octanol–water partition coefficient (Wildman–Crippen LogP) is 3.50. The molecule has 0 unspecified atom stereocenters. The summed E-state index contributed by atoms with van der Waals surface area (Å²) >= 11 is 0. The Kier molecular flexibility index (Phi) is 5.40. The minimum absolute atomic E-state index is 0.151. The molecule has 0 heterocycles. The maximum absolute atomic E-state index is 11.7. The van der Waals surface area contributed by atoms with Gasteiger partial charge >= 0.3 is 6.03 Å². The van der Waals surface area contributed by atoms with Crippen molar-refractivity contribution < 1.29 is 4.79 Å². The summed E-state index contributed by atoms with van der Waals surface area (Å²) in [5, 5.41) is 2.79. The van der Waals surface area contributed by atoms with E-state index in [9.17, 15) is 4.79 Å². The summed E-state index contributed by atoms with van der Waals surface area (Å²) in [5.41, 5.74) is 0.802. The van der Waals surface area contributed by atoms with Gasteiger partial charge in [0, 0.05) is 19.3 Å². The van der Waals surface area contributed by atoms with Crippen LogP contribution in [0.25, 0.3) is 0 Å². The van der Waals surface area contributed by atoms with Crippen LogP contribution in [0, 0.1) is 7.05 Å². The molecule has 2 amide bonds. The van der Waals surface area contributed by atoms with Gasteiger partial charge in [0.15, 0.2) is 0 Å². The standard InChI is InChI=1S/C13H19N2O/c1-3-4-8-11-15(2)13(16)14-12-9-6-5-7-10-12/h5-7,9-10H,2-4,8,11H2,1H3,(H,14,16). The zero-order chi connectivity index (χ0) is 11.8. The van der Waals surface area contributed by atoms with Crippen LogP contribution in [0.15, 0.2) is 30.3 Å². The quantitative estimate of drug-likeness (QED) is 0.755. The number of anilines is 1. The van der Waals surface area contributed by atoms with Gasteiger partial charge in [-0.15, -0.1) is 0 Å². The molecule has 1 aromatic carbocycles. The number of para-hydroxylation sites is 1. The fraction of sp³-hybridized carbons (Fsp3) is 0.385. The fourth-order valence-electron chi connectivity index (χ4n) is 1.38. The van der Waals surface area contributed by atoms with E-state index in [0.29, 0.717) is 6.54 Å². The largest absolute Gasteiger partial charge is 0.323 e. The number of carbonyl (C=O) groups is 1. The first-order chi connectivity index (χ1) is 7.74. The summed E-state index contributed by atoms with van der Waals surface area (Å²) in [6.07, 6.45) is 3.28. The first-order valence-corrected chi connectivity index (χ1v) is 5.68. The normalized spacial score (nSPS) is 9.88. The molecule has 0 saturated heterocycles. The number of hydrogen-bond acceptors (Lipinski definition) is 1. The molecule has 0 aliphatic heterocycles. The molecule has 0 aliphatic rings. The van der Waals surface area contributed by atoms with Crippen molar-refractivity contribution in [1.82, 2.24) is 4.90 Å². The Hall–Kier alpha value is -1.51. The van der Waals surface area contributed by atoms with Gasteiger partial charge in [-0.1, -0.05) is 38.0 Å². The van der Waals surface area contributed by atoms with Crippen LogP contribution in [0.1, 0.15) is 26.2 Å². The second-order valence-corrected chi connectivity index (χ2v) is 3.77. The Bertz CT molecular complexity index is 311. The second-order valence-electron chi connectivity index (χ2n) is 3.77. The lowest BCUT2D eigenvalue weighted by Crippen LogP contribution is -2.30. The molecule has 0 bridgehead atoms. The summed E-state index contributed by atoms with van der Waals surface area (Å²) in [4.78, 5) is 13.1. The number of amides is 2. The highest BCUT2D eigenvalue weighted by Gasteiger charge is 2.07. The van der Waals surface area contributed by atoms with Crippen molar-refractivity contribution in [3.8, 4) is 0 Å². The van der Waals surface area contributed by atoms with Gasteiger partial charge in [-0.3, -0.25) is 0 Å². The zero-order valence-corrected chi connectivity index (χ0v) is 9.78. The monoisotopic (exact) mass is 219 g/mol. The van der Waals surface area contributed by atoms with E-state index in [1.54, 1.807) is 0 Å². The number of rotatable bonds is 5. The van der Waals surface area contributed by atoms with Gasteiger partial charge in [0.05, 0.1) is 0 Å². The first-order valence-electron chi connectivity index (χ1n) is 5.68. The SMILES string of the molecule is [CH2]N(CCCCC)C(=O)Nc1ccccc1. The van der Waals surface area contributed by atoms with Crippen LogP contribution in [0.2, 0.25) is 0 Å². The number of unbranched alkanes of at least 4 members (excludes halogenated alkanes) is 2. The van der Waals surface area contributed by atoms with E-state index in [-0.39, 0.29) is 6.03 Å². The lowest BCUT2D eigenvalue weighted by molar-refractivity contribution is 0.227. The van der Waals surface area contributed by atoms with Crippen molar-refractivity contribution in [3.63, 3.8) is 0 Å². The summed E-state index contributed by atoms with van der Waals surface area (Å²) < 4.78 is 0. The minimum atomic E-state index is -0.151. The lowest BCUT2D eigenvalue weighted by atomic mass is 10.2. The smallest absolute Gasteiger partial charge is 0.321 e. The predicted molar refractivity (Wildman–Crippen MR) is 67.0 cm³/mol. The molecule has 0 fully saturated rings. The third-order valence-electron chi connectivity index (χ3n) is 2.34. The van der Waals surface area contributed by atoms with E-state index in [0.717, 1.165) is 24.9 Å². The average Bonchev–Trinajstić information content (AvgIpc) is 2.30. The van der Waals surface area contributed by atoms with Crippen LogP contribution in [0.4, 0.5) is 10.5 Å². The van der Waals surface area contributed by atoms with E-state index in [1.807, 2.05) is 30.3 Å². The molecular formula is C13H19N2O. The molecule has 1 N–H and O–H groups in total. The van der Waals surface area contributed by atoms with Crippen LogP contribution >= 0.6 is 0 Å². The molecule has 1 aromatic rings. The van der Waals surface area contributed by atoms with Gasteiger partial charge in [0.25, 0.3) is 0 Å². The molecule has 3 heteroatoms. The van der Waals surface area contributed by atoms with E-state index in [1.165, 1.54) is 4.90 Å². The fourth-order valence-corrected chi connectivity index (χ4v) is 1.38. The van der Waals surface area contributed by atoms with E-state index < -0.39 is 0 Å². The highest BCUT2D eigenvalue weighted by atomic mass is 16.2. The molecule has 0 atom stereocenters. The Morgan fingerprint density at radius 2 is 2.00 bits per heavy atom. The molecule has 3 nitrogen and oxygen atoms in total. The van der Waals surface area contributed by atoms with Crippen molar-refractivity contribution in [2.75, 3.05) is 11.9 Å². The Balaban J connectivity index is 2.34. The van der Waals surface area contributed by atoms with Crippen molar-refractivity contribution in [3.05, 3.63) is 37.4 Å². The maximum atomic E-state index is 11.7. The number of hydrogen-bond donors (Lipinski definition) is 1. The Labute approximate surface area is 97.5 Å². The lowest BCUT2D eigenvalue weighted by Gasteiger charge is -2.17.